The van der Waals surface area contributed by atoms with Crippen molar-refractivity contribution in [1.82, 2.24) is 9.55 Å². The fourth-order valence-corrected chi connectivity index (χ4v) is 3.78. The van der Waals surface area contributed by atoms with Crippen molar-refractivity contribution in [3.05, 3.63) is 135 Å². The van der Waals surface area contributed by atoms with Crippen LogP contribution in [0.3, 0.4) is 0 Å². The van der Waals surface area contributed by atoms with Crippen molar-refractivity contribution in [1.29, 1.82) is 0 Å². The van der Waals surface area contributed by atoms with Crippen LogP contribution in [0, 0.1) is 0 Å². The summed E-state index contributed by atoms with van der Waals surface area (Å²) in [6.45, 7) is 4.17. The van der Waals surface area contributed by atoms with Crippen LogP contribution in [-0.4, -0.2) is 22.1 Å². The third-order valence-corrected chi connectivity index (χ3v) is 5.57. The predicted molar refractivity (Wildman–Crippen MR) is 140 cm³/mol. The summed E-state index contributed by atoms with van der Waals surface area (Å²) in [6.07, 6.45) is 1.63. The topological polar surface area (TPSA) is 110 Å². The predicted octanol–water partition coefficient (Wildman–Crippen LogP) is 3.58. The zero-order chi connectivity index (χ0) is 25.5. The minimum atomic E-state index is -0.739. The number of nitrogens with two attached hydrogens (primary N) is 1. The Bertz CT molecular complexity index is 1460. The number of anilines is 2. The minimum Gasteiger partial charge on any atom is -0.490 e. The van der Waals surface area contributed by atoms with E-state index < -0.39 is 17.2 Å². The molecule has 4 aromatic rings. The number of hydrogen-bond donors (Lipinski definition) is 2. The molecule has 8 nitrogen and oxygen atoms in total. The highest BCUT2D eigenvalue weighted by Crippen LogP contribution is 2.23. The van der Waals surface area contributed by atoms with Gasteiger partial charge >= 0.3 is 5.69 Å². The van der Waals surface area contributed by atoms with Gasteiger partial charge in [-0.25, -0.2) is 4.79 Å². The second-order valence-corrected chi connectivity index (χ2v) is 8.07. The molecular weight excluding hydrogens is 456 g/mol. The average Bonchev–Trinajstić information content (AvgIpc) is 2.90. The number of nitrogens with zero attached hydrogens (tertiary/aromatic N) is 2. The molecule has 0 spiro atoms. The van der Waals surface area contributed by atoms with Gasteiger partial charge in [-0.1, -0.05) is 73.3 Å². The van der Waals surface area contributed by atoms with E-state index in [4.69, 9.17) is 10.5 Å². The van der Waals surface area contributed by atoms with E-state index in [2.05, 4.69) is 11.6 Å². The van der Waals surface area contributed by atoms with Crippen molar-refractivity contribution in [2.75, 3.05) is 17.2 Å². The maximum atomic E-state index is 13.7. The first kappa shape index (κ1) is 24.3. The molecular formula is C28H26N4O4. The number of aromatic amines is 1. The lowest BCUT2D eigenvalue weighted by Crippen LogP contribution is -2.41. The van der Waals surface area contributed by atoms with Crippen LogP contribution in [0.2, 0.25) is 0 Å². The van der Waals surface area contributed by atoms with Crippen LogP contribution in [0.5, 0.6) is 5.75 Å². The van der Waals surface area contributed by atoms with Gasteiger partial charge in [-0.2, -0.15) is 0 Å². The highest BCUT2D eigenvalue weighted by Gasteiger charge is 2.26. The molecule has 1 amide bonds. The number of carbonyl (C=O) groups is 1. The van der Waals surface area contributed by atoms with Crippen molar-refractivity contribution in [2.24, 2.45) is 0 Å². The first-order valence-corrected chi connectivity index (χ1v) is 11.3. The molecule has 3 N–H and O–H groups in total. The van der Waals surface area contributed by atoms with Crippen molar-refractivity contribution >= 4 is 17.4 Å². The number of nitrogens with one attached hydrogen (secondary N) is 1. The molecule has 0 fully saturated rings. The van der Waals surface area contributed by atoms with Crippen LogP contribution in [0.25, 0.3) is 0 Å². The highest BCUT2D eigenvalue weighted by molar-refractivity contribution is 6.07. The first-order valence-electron chi connectivity index (χ1n) is 11.3. The number of rotatable bonds is 9. The van der Waals surface area contributed by atoms with Crippen LogP contribution >= 0.6 is 0 Å². The first-order chi connectivity index (χ1) is 17.5. The van der Waals surface area contributed by atoms with Crippen molar-refractivity contribution in [2.45, 2.75) is 13.1 Å². The second kappa shape index (κ2) is 11.1. The summed E-state index contributed by atoms with van der Waals surface area (Å²) in [6, 6.07) is 25.0. The molecule has 36 heavy (non-hydrogen) atoms. The summed E-state index contributed by atoms with van der Waals surface area (Å²) < 4.78 is 6.75. The van der Waals surface area contributed by atoms with E-state index >= 15 is 0 Å². The Hall–Kier alpha value is -4.85. The molecule has 0 aliphatic heterocycles. The van der Waals surface area contributed by atoms with Crippen LogP contribution < -0.4 is 26.6 Å². The summed E-state index contributed by atoms with van der Waals surface area (Å²) in [5, 5.41) is 0. The Balaban J connectivity index is 1.78. The second-order valence-electron chi connectivity index (χ2n) is 8.07. The summed E-state index contributed by atoms with van der Waals surface area (Å²) in [4.78, 5) is 43.0. The van der Waals surface area contributed by atoms with Crippen LogP contribution in [0.15, 0.2) is 107 Å². The molecule has 0 aliphatic carbocycles. The summed E-state index contributed by atoms with van der Waals surface area (Å²) in [5.41, 5.74) is 6.86. The molecule has 8 heteroatoms. The van der Waals surface area contributed by atoms with Crippen LogP contribution in [0.4, 0.5) is 11.5 Å². The zero-order valence-electron chi connectivity index (χ0n) is 19.6. The smallest absolute Gasteiger partial charge is 0.330 e. The monoisotopic (exact) mass is 482 g/mol. The van der Waals surface area contributed by atoms with Gasteiger partial charge in [0.1, 0.15) is 18.2 Å². The Kier molecular flexibility index (Phi) is 7.45. The maximum Gasteiger partial charge on any atom is 0.330 e. The van der Waals surface area contributed by atoms with Crippen LogP contribution in [0.1, 0.15) is 21.5 Å². The summed E-state index contributed by atoms with van der Waals surface area (Å²) in [7, 11) is 0. The van der Waals surface area contributed by atoms with Crippen molar-refractivity contribution < 1.29 is 9.53 Å². The van der Waals surface area contributed by atoms with E-state index in [0.29, 0.717) is 17.9 Å². The van der Waals surface area contributed by atoms with Gasteiger partial charge in [0.15, 0.2) is 5.69 Å². The fourth-order valence-electron chi connectivity index (χ4n) is 3.78. The quantitative estimate of drug-likeness (QED) is 0.354. The van der Waals surface area contributed by atoms with E-state index in [9.17, 15) is 14.4 Å². The van der Waals surface area contributed by atoms with Gasteiger partial charge < -0.3 is 10.5 Å². The van der Waals surface area contributed by atoms with Gasteiger partial charge in [0.2, 0.25) is 0 Å². The van der Waals surface area contributed by atoms with E-state index in [-0.39, 0.29) is 24.6 Å². The molecule has 0 unspecified atom stereocenters. The van der Waals surface area contributed by atoms with Gasteiger partial charge in [0.25, 0.3) is 11.5 Å². The lowest BCUT2D eigenvalue weighted by molar-refractivity contribution is 0.0984. The molecule has 0 radical (unpaired) electrons. The summed E-state index contributed by atoms with van der Waals surface area (Å²) >= 11 is 0. The largest absolute Gasteiger partial charge is 0.490 e. The highest BCUT2D eigenvalue weighted by atomic mass is 16.5. The van der Waals surface area contributed by atoms with Gasteiger partial charge in [-0.15, -0.1) is 0 Å². The molecule has 0 saturated carbocycles. The van der Waals surface area contributed by atoms with E-state index in [1.165, 1.54) is 9.47 Å². The number of aromatic nitrogens is 2. The van der Waals surface area contributed by atoms with Gasteiger partial charge in [-0.05, 0) is 35.4 Å². The van der Waals surface area contributed by atoms with Crippen molar-refractivity contribution in [3.63, 3.8) is 0 Å². The Labute approximate surface area is 207 Å². The fraction of sp³-hybridized carbons (Fsp3) is 0.107. The van der Waals surface area contributed by atoms with Crippen molar-refractivity contribution in [3.8, 4) is 5.75 Å². The number of hydrogen-bond acceptors (Lipinski definition) is 5. The number of carbonyl (C=O) groups excluding carboxylic acids is 1. The number of ether oxygens (including phenoxy) is 1. The summed E-state index contributed by atoms with van der Waals surface area (Å²) in [5.74, 6) is 0.0360. The molecule has 3 aromatic carbocycles. The molecule has 1 heterocycles. The lowest BCUT2D eigenvalue weighted by Gasteiger charge is -2.25. The number of amides is 1. The van der Waals surface area contributed by atoms with Gasteiger partial charge in [-0.3, -0.25) is 24.0 Å². The Morgan fingerprint density at radius 3 is 2.17 bits per heavy atom. The Morgan fingerprint density at radius 1 is 0.944 bits per heavy atom. The van der Waals surface area contributed by atoms with E-state index in [1.807, 2.05) is 60.7 Å². The average molecular weight is 483 g/mol. The SMILES string of the molecule is C=CCOc1ccc(C(=O)N(Cc2ccccc2)c2c(N)n(Cc3ccccc3)c(=O)[nH]c2=O)cc1. The van der Waals surface area contributed by atoms with Crippen LogP contribution in [-0.2, 0) is 13.1 Å². The van der Waals surface area contributed by atoms with Gasteiger partial charge in [0.05, 0.1) is 13.1 Å². The lowest BCUT2D eigenvalue weighted by atomic mass is 10.1. The number of H-pyrrole nitrogens is 1. The molecule has 0 aliphatic rings. The van der Waals surface area contributed by atoms with E-state index in [1.54, 1.807) is 30.3 Å². The third-order valence-electron chi connectivity index (χ3n) is 5.57. The minimum absolute atomic E-state index is 0.0746. The number of benzene rings is 3. The molecule has 1 aromatic heterocycles. The molecule has 182 valence electrons. The maximum absolute atomic E-state index is 13.7. The molecule has 0 saturated heterocycles. The normalized spacial score (nSPS) is 10.6. The van der Waals surface area contributed by atoms with E-state index in [0.717, 1.165) is 11.1 Å². The third kappa shape index (κ3) is 5.44. The standard InChI is InChI=1S/C28H26N4O4/c1-2-17-36-23-15-13-22(14-16-23)27(34)31(18-20-9-5-3-6-10-20)24-25(29)32(28(35)30-26(24)33)19-21-11-7-4-8-12-21/h2-16H,1,17-19,29H2,(H,30,33,35). The zero-order valence-corrected chi connectivity index (χ0v) is 19.6. The molecule has 0 bridgehead atoms. The molecule has 0 atom stereocenters. The molecule has 4 rings (SSSR count). The van der Waals surface area contributed by atoms with Gasteiger partial charge in [0, 0.05) is 5.56 Å². The number of nitrogen functional groups attached to an aromatic ring is 1. The Morgan fingerprint density at radius 2 is 1.56 bits per heavy atom.